The van der Waals surface area contributed by atoms with Gasteiger partial charge in [-0.15, -0.1) is 0 Å². The smallest absolute Gasteiger partial charge is 0.248 e. The standard InChI is InChI=1S/C16H23N3O2/c1-10(20)11-5-7-19(8-6-11)12-3-4-13-14(9-12)18(2)16(21)15(13)17/h3-4,9-11,15,20H,5-8,17H2,1-2H3. The van der Waals surface area contributed by atoms with Crippen molar-refractivity contribution in [3.63, 3.8) is 0 Å². The summed E-state index contributed by atoms with van der Waals surface area (Å²) >= 11 is 0. The first-order chi connectivity index (χ1) is 9.99. The summed E-state index contributed by atoms with van der Waals surface area (Å²) in [5.41, 5.74) is 8.89. The minimum absolute atomic E-state index is 0.0463. The molecule has 114 valence electrons. The van der Waals surface area contributed by atoms with Crippen LogP contribution in [-0.2, 0) is 4.79 Å². The average Bonchev–Trinajstić information content (AvgIpc) is 2.72. The largest absolute Gasteiger partial charge is 0.393 e. The Morgan fingerprint density at radius 1 is 1.33 bits per heavy atom. The summed E-state index contributed by atoms with van der Waals surface area (Å²) in [6.07, 6.45) is 1.78. The van der Waals surface area contributed by atoms with Gasteiger partial charge in [-0.1, -0.05) is 6.07 Å². The van der Waals surface area contributed by atoms with Crippen molar-refractivity contribution >= 4 is 17.3 Å². The predicted octanol–water partition coefficient (Wildman–Crippen LogP) is 1.26. The molecule has 0 aromatic heterocycles. The van der Waals surface area contributed by atoms with Crippen LogP contribution in [0.2, 0.25) is 0 Å². The predicted molar refractivity (Wildman–Crippen MR) is 83.4 cm³/mol. The van der Waals surface area contributed by atoms with Crippen molar-refractivity contribution in [3.05, 3.63) is 23.8 Å². The van der Waals surface area contributed by atoms with Gasteiger partial charge < -0.3 is 20.6 Å². The van der Waals surface area contributed by atoms with Gasteiger partial charge in [-0.05, 0) is 37.8 Å². The second-order valence-electron chi connectivity index (χ2n) is 6.18. The molecule has 0 spiro atoms. The minimum atomic E-state index is -0.528. The number of fused-ring (bicyclic) bond motifs is 1. The van der Waals surface area contributed by atoms with E-state index in [1.807, 2.05) is 19.1 Å². The summed E-state index contributed by atoms with van der Waals surface area (Å²) in [5, 5.41) is 9.68. The first-order valence-electron chi connectivity index (χ1n) is 7.59. The first kappa shape index (κ1) is 14.4. The third-order valence-electron chi connectivity index (χ3n) is 4.89. The fourth-order valence-corrected chi connectivity index (χ4v) is 3.38. The molecule has 3 rings (SSSR count). The molecule has 5 nitrogen and oxygen atoms in total. The molecule has 1 saturated heterocycles. The van der Waals surface area contributed by atoms with E-state index in [4.69, 9.17) is 5.73 Å². The molecule has 2 aliphatic rings. The van der Waals surface area contributed by atoms with Crippen molar-refractivity contribution in [3.8, 4) is 0 Å². The van der Waals surface area contributed by atoms with Crippen molar-refractivity contribution in [1.29, 1.82) is 0 Å². The van der Waals surface area contributed by atoms with Crippen LogP contribution in [0.4, 0.5) is 11.4 Å². The Morgan fingerprint density at radius 2 is 2.00 bits per heavy atom. The van der Waals surface area contributed by atoms with Gasteiger partial charge in [0, 0.05) is 31.4 Å². The highest BCUT2D eigenvalue weighted by molar-refractivity contribution is 6.04. The van der Waals surface area contributed by atoms with Crippen molar-refractivity contribution < 1.29 is 9.90 Å². The Labute approximate surface area is 125 Å². The van der Waals surface area contributed by atoms with Crippen LogP contribution in [0.25, 0.3) is 0 Å². The zero-order valence-electron chi connectivity index (χ0n) is 12.6. The molecule has 3 N–H and O–H groups in total. The van der Waals surface area contributed by atoms with Gasteiger partial charge in [0.1, 0.15) is 6.04 Å². The van der Waals surface area contributed by atoms with Crippen LogP contribution in [0.5, 0.6) is 0 Å². The number of piperidine rings is 1. The lowest BCUT2D eigenvalue weighted by atomic mass is 9.92. The van der Waals surface area contributed by atoms with Crippen LogP contribution in [0, 0.1) is 5.92 Å². The van der Waals surface area contributed by atoms with Crippen LogP contribution in [0.3, 0.4) is 0 Å². The van der Waals surface area contributed by atoms with Crippen LogP contribution < -0.4 is 15.5 Å². The second-order valence-corrected chi connectivity index (χ2v) is 6.18. The maximum atomic E-state index is 11.9. The molecule has 0 radical (unpaired) electrons. The summed E-state index contributed by atoms with van der Waals surface area (Å²) in [7, 11) is 1.78. The Balaban J connectivity index is 1.79. The zero-order valence-corrected chi connectivity index (χ0v) is 12.6. The van der Waals surface area contributed by atoms with Crippen molar-refractivity contribution in [2.45, 2.75) is 31.9 Å². The molecule has 2 heterocycles. The van der Waals surface area contributed by atoms with Gasteiger partial charge in [0.2, 0.25) is 5.91 Å². The number of carbonyl (C=O) groups excluding carboxylic acids is 1. The molecule has 2 atom stereocenters. The van der Waals surface area contributed by atoms with E-state index in [1.165, 1.54) is 0 Å². The lowest BCUT2D eigenvalue weighted by Gasteiger charge is -2.35. The Morgan fingerprint density at radius 3 is 2.62 bits per heavy atom. The number of nitrogens with zero attached hydrogens (tertiary/aromatic N) is 2. The lowest BCUT2D eigenvalue weighted by Crippen LogP contribution is -2.37. The number of benzene rings is 1. The van der Waals surface area contributed by atoms with Crippen LogP contribution in [0.15, 0.2) is 18.2 Å². The van der Waals surface area contributed by atoms with Gasteiger partial charge in [0.05, 0.1) is 11.8 Å². The van der Waals surface area contributed by atoms with E-state index in [9.17, 15) is 9.90 Å². The molecule has 0 bridgehead atoms. The van der Waals surface area contributed by atoms with E-state index >= 15 is 0 Å². The van der Waals surface area contributed by atoms with E-state index in [1.54, 1.807) is 11.9 Å². The third-order valence-corrected chi connectivity index (χ3v) is 4.89. The number of aliphatic hydroxyl groups is 1. The minimum Gasteiger partial charge on any atom is -0.393 e. The van der Waals surface area contributed by atoms with Gasteiger partial charge in [-0.2, -0.15) is 0 Å². The molecule has 0 aliphatic carbocycles. The van der Waals surface area contributed by atoms with Gasteiger partial charge >= 0.3 is 0 Å². The highest BCUT2D eigenvalue weighted by Crippen LogP contribution is 2.37. The summed E-state index contributed by atoms with van der Waals surface area (Å²) in [5.74, 6) is 0.350. The van der Waals surface area contributed by atoms with E-state index in [0.29, 0.717) is 5.92 Å². The number of anilines is 2. The molecule has 21 heavy (non-hydrogen) atoms. The molecule has 2 aliphatic heterocycles. The first-order valence-corrected chi connectivity index (χ1v) is 7.59. The summed E-state index contributed by atoms with van der Waals surface area (Å²) in [4.78, 5) is 15.9. The van der Waals surface area contributed by atoms with Crippen LogP contribution in [0.1, 0.15) is 31.4 Å². The highest BCUT2D eigenvalue weighted by Gasteiger charge is 2.33. The van der Waals surface area contributed by atoms with E-state index in [-0.39, 0.29) is 12.0 Å². The van der Waals surface area contributed by atoms with Gasteiger partial charge in [0.25, 0.3) is 0 Å². The van der Waals surface area contributed by atoms with E-state index in [2.05, 4.69) is 11.0 Å². The SMILES string of the molecule is CC(O)C1CCN(c2ccc3c(c2)N(C)C(=O)C3N)CC1. The third kappa shape index (κ3) is 2.40. The average molecular weight is 289 g/mol. The molecular formula is C16H23N3O2. The molecule has 1 amide bonds. The molecular weight excluding hydrogens is 266 g/mol. The van der Waals surface area contributed by atoms with E-state index in [0.717, 1.165) is 42.9 Å². The van der Waals surface area contributed by atoms with Crippen molar-refractivity contribution in [1.82, 2.24) is 0 Å². The Hall–Kier alpha value is -1.59. The maximum absolute atomic E-state index is 11.9. The van der Waals surface area contributed by atoms with Gasteiger partial charge in [-0.3, -0.25) is 4.79 Å². The van der Waals surface area contributed by atoms with Crippen molar-refractivity contribution in [2.24, 2.45) is 11.7 Å². The normalized spacial score (nSPS) is 24.4. The number of amides is 1. The fourth-order valence-electron chi connectivity index (χ4n) is 3.38. The topological polar surface area (TPSA) is 69.8 Å². The van der Waals surface area contributed by atoms with Crippen LogP contribution in [-0.4, -0.2) is 37.3 Å². The number of rotatable bonds is 2. The van der Waals surface area contributed by atoms with Gasteiger partial charge in [-0.25, -0.2) is 0 Å². The number of hydrogen-bond donors (Lipinski definition) is 2. The molecule has 1 fully saturated rings. The van der Waals surface area contributed by atoms with Gasteiger partial charge in [0.15, 0.2) is 0 Å². The molecule has 1 aromatic rings. The summed E-state index contributed by atoms with van der Waals surface area (Å²) < 4.78 is 0. The number of carbonyl (C=O) groups is 1. The summed E-state index contributed by atoms with van der Waals surface area (Å²) in [6, 6.07) is 5.55. The maximum Gasteiger partial charge on any atom is 0.248 e. The quantitative estimate of drug-likeness (QED) is 0.860. The molecule has 1 aromatic carbocycles. The number of nitrogens with two attached hydrogens (primary N) is 1. The zero-order chi connectivity index (χ0) is 15.1. The van der Waals surface area contributed by atoms with Crippen LogP contribution >= 0.6 is 0 Å². The Kier molecular flexibility index (Phi) is 3.63. The fraction of sp³-hybridized carbons (Fsp3) is 0.562. The number of likely N-dealkylation sites (N-methyl/N-ethyl adjacent to an activating group) is 1. The molecule has 2 unspecified atom stereocenters. The molecule has 0 saturated carbocycles. The number of hydrogen-bond acceptors (Lipinski definition) is 4. The monoisotopic (exact) mass is 289 g/mol. The summed E-state index contributed by atoms with van der Waals surface area (Å²) in [6.45, 7) is 3.76. The lowest BCUT2D eigenvalue weighted by molar-refractivity contribution is -0.118. The Bertz CT molecular complexity index is 550. The molecule has 5 heteroatoms. The van der Waals surface area contributed by atoms with Crippen molar-refractivity contribution in [2.75, 3.05) is 29.9 Å². The highest BCUT2D eigenvalue weighted by atomic mass is 16.3. The number of aliphatic hydroxyl groups excluding tert-OH is 1. The second kappa shape index (κ2) is 5.31. The van der Waals surface area contributed by atoms with E-state index < -0.39 is 6.04 Å².